The summed E-state index contributed by atoms with van der Waals surface area (Å²) >= 11 is 0. The lowest BCUT2D eigenvalue weighted by Gasteiger charge is -2.28. The monoisotopic (exact) mass is 466 g/mol. The van der Waals surface area contributed by atoms with Crippen LogP contribution in [0.3, 0.4) is 0 Å². The lowest BCUT2D eigenvalue weighted by atomic mass is 9.94. The lowest BCUT2D eigenvalue weighted by molar-refractivity contribution is -0.139. The van der Waals surface area contributed by atoms with Crippen LogP contribution in [-0.2, 0) is 9.59 Å². The maximum atomic E-state index is 13.2. The van der Waals surface area contributed by atoms with E-state index in [9.17, 15) is 14.7 Å². The van der Waals surface area contributed by atoms with Crippen LogP contribution in [0.2, 0.25) is 0 Å². The number of nitrogens with zero attached hydrogens (tertiary/aromatic N) is 2. The summed E-state index contributed by atoms with van der Waals surface area (Å²) in [5, 5.41) is 20.4. The van der Waals surface area contributed by atoms with Crippen LogP contribution >= 0.6 is 0 Å². The summed E-state index contributed by atoms with van der Waals surface area (Å²) in [4.78, 5) is 29.7. The van der Waals surface area contributed by atoms with Crippen LogP contribution < -0.4 is 14.4 Å². The molecule has 8 nitrogen and oxygen atoms in total. The molecule has 2 aromatic rings. The molecule has 4 rings (SSSR count). The van der Waals surface area contributed by atoms with Crippen molar-refractivity contribution < 1.29 is 29.3 Å². The SMILES string of the molecule is CCCCN1C(=O)C(=O)/C(=C(\O)c2ccc3c(c2)N(C)CCO3)C1c1cccc(OCCO)c1. The fraction of sp³-hybridized carbons (Fsp3) is 0.385. The number of Topliss-reactive ketones (excluding diaryl/α,β-unsaturated/α-hetero) is 1. The van der Waals surface area contributed by atoms with E-state index in [0.29, 0.717) is 42.3 Å². The number of rotatable bonds is 8. The molecule has 2 aliphatic heterocycles. The Hall–Kier alpha value is -3.52. The number of carbonyl (C=O) groups is 2. The van der Waals surface area contributed by atoms with Crippen LogP contribution in [0.1, 0.15) is 36.9 Å². The van der Waals surface area contributed by atoms with Crippen molar-refractivity contribution in [3.8, 4) is 11.5 Å². The second-order valence-electron chi connectivity index (χ2n) is 8.44. The number of fused-ring (bicyclic) bond motifs is 1. The average molecular weight is 467 g/mol. The van der Waals surface area contributed by atoms with Crippen molar-refractivity contribution in [1.29, 1.82) is 0 Å². The maximum absolute atomic E-state index is 13.2. The number of amides is 1. The highest BCUT2D eigenvalue weighted by Gasteiger charge is 2.46. The molecule has 2 aliphatic rings. The topological polar surface area (TPSA) is 99.5 Å². The molecule has 34 heavy (non-hydrogen) atoms. The average Bonchev–Trinajstić information content (AvgIpc) is 3.11. The van der Waals surface area contributed by atoms with E-state index >= 15 is 0 Å². The van der Waals surface area contributed by atoms with Gasteiger partial charge in [0.2, 0.25) is 0 Å². The molecule has 180 valence electrons. The molecule has 1 atom stereocenters. The molecular formula is C26H30N2O6. The van der Waals surface area contributed by atoms with Gasteiger partial charge in [-0.2, -0.15) is 0 Å². The van der Waals surface area contributed by atoms with Crippen molar-refractivity contribution in [3.63, 3.8) is 0 Å². The number of likely N-dealkylation sites (N-methyl/N-ethyl adjacent to an activating group) is 1. The minimum absolute atomic E-state index is 0.0553. The van der Waals surface area contributed by atoms with Crippen molar-refractivity contribution >= 4 is 23.1 Å². The number of aliphatic hydroxyl groups is 2. The summed E-state index contributed by atoms with van der Waals surface area (Å²) < 4.78 is 11.2. The first-order chi connectivity index (χ1) is 16.5. The highest BCUT2D eigenvalue weighted by atomic mass is 16.5. The van der Waals surface area contributed by atoms with E-state index in [4.69, 9.17) is 14.6 Å². The third kappa shape index (κ3) is 4.46. The van der Waals surface area contributed by atoms with Crippen molar-refractivity contribution in [2.75, 3.05) is 44.9 Å². The summed E-state index contributed by atoms with van der Waals surface area (Å²) in [6.07, 6.45) is 1.58. The molecule has 1 unspecified atom stereocenters. The molecule has 8 heteroatoms. The molecule has 1 fully saturated rings. The first kappa shape index (κ1) is 23.6. The third-order valence-corrected chi connectivity index (χ3v) is 6.15. The number of benzene rings is 2. The molecule has 0 aromatic heterocycles. The van der Waals surface area contributed by atoms with Crippen LogP contribution in [0.25, 0.3) is 5.76 Å². The molecule has 1 amide bonds. The Labute approximate surface area is 199 Å². The molecule has 0 radical (unpaired) electrons. The van der Waals surface area contributed by atoms with Gasteiger partial charge in [-0.3, -0.25) is 9.59 Å². The normalized spacial score (nSPS) is 19.2. The highest BCUT2D eigenvalue weighted by molar-refractivity contribution is 6.46. The number of likely N-dealkylation sites (tertiary alicyclic amines) is 1. The smallest absolute Gasteiger partial charge is 0.295 e. The van der Waals surface area contributed by atoms with Crippen molar-refractivity contribution in [3.05, 3.63) is 59.2 Å². The second kappa shape index (κ2) is 10.2. The standard InChI is InChI=1S/C26H30N2O6/c1-3-4-10-28-23(17-6-5-7-19(15-17)33-14-12-29)22(25(31)26(28)32)24(30)18-8-9-21-20(16-18)27(2)11-13-34-21/h5-9,15-16,23,29-30H,3-4,10-14H2,1-2H3/b24-22-. The van der Waals surface area contributed by atoms with Gasteiger partial charge in [0, 0.05) is 19.2 Å². The number of carbonyl (C=O) groups excluding carboxylic acids is 2. The summed E-state index contributed by atoms with van der Waals surface area (Å²) in [5.74, 6) is -0.326. The molecule has 0 bridgehead atoms. The minimum Gasteiger partial charge on any atom is -0.507 e. The number of hydrogen-bond donors (Lipinski definition) is 2. The zero-order valence-corrected chi connectivity index (χ0v) is 19.5. The Balaban J connectivity index is 1.82. The largest absolute Gasteiger partial charge is 0.507 e. The molecule has 0 spiro atoms. The zero-order chi connectivity index (χ0) is 24.2. The second-order valence-corrected chi connectivity index (χ2v) is 8.44. The van der Waals surface area contributed by atoms with Crippen LogP contribution in [-0.4, -0.2) is 66.8 Å². The minimum atomic E-state index is -0.741. The molecule has 0 aliphatic carbocycles. The fourth-order valence-electron chi connectivity index (χ4n) is 4.38. The first-order valence-electron chi connectivity index (χ1n) is 11.6. The molecular weight excluding hydrogens is 436 g/mol. The Bertz CT molecular complexity index is 1110. The molecule has 1 saturated heterocycles. The van der Waals surface area contributed by atoms with Gasteiger partial charge in [-0.05, 0) is 42.3 Å². The Morgan fingerprint density at radius 1 is 1.21 bits per heavy atom. The van der Waals surface area contributed by atoms with Gasteiger partial charge in [-0.1, -0.05) is 25.5 Å². The van der Waals surface area contributed by atoms with E-state index in [2.05, 4.69) is 0 Å². The molecule has 2 heterocycles. The number of aliphatic hydroxyl groups excluding tert-OH is 2. The Morgan fingerprint density at radius 2 is 2.03 bits per heavy atom. The lowest BCUT2D eigenvalue weighted by Crippen LogP contribution is -2.30. The highest BCUT2D eigenvalue weighted by Crippen LogP contribution is 2.41. The van der Waals surface area contributed by atoms with Crippen molar-refractivity contribution in [2.45, 2.75) is 25.8 Å². The van der Waals surface area contributed by atoms with Gasteiger partial charge in [0.05, 0.1) is 30.5 Å². The summed E-state index contributed by atoms with van der Waals surface area (Å²) in [6, 6.07) is 11.6. The number of anilines is 1. The molecule has 0 saturated carbocycles. The van der Waals surface area contributed by atoms with Gasteiger partial charge >= 0.3 is 0 Å². The summed E-state index contributed by atoms with van der Waals surface area (Å²) in [6.45, 7) is 3.69. The number of hydrogen-bond acceptors (Lipinski definition) is 7. The van der Waals surface area contributed by atoms with Crippen molar-refractivity contribution in [1.82, 2.24) is 4.90 Å². The van der Waals surface area contributed by atoms with Crippen LogP contribution in [0.4, 0.5) is 5.69 Å². The number of unbranched alkanes of at least 4 members (excludes halogenated alkanes) is 1. The van der Waals surface area contributed by atoms with Gasteiger partial charge < -0.3 is 29.5 Å². The van der Waals surface area contributed by atoms with Gasteiger partial charge in [-0.25, -0.2) is 0 Å². The van der Waals surface area contributed by atoms with Crippen molar-refractivity contribution in [2.24, 2.45) is 0 Å². The first-order valence-corrected chi connectivity index (χ1v) is 11.6. The number of ether oxygens (including phenoxy) is 2. The van der Waals surface area contributed by atoms with Gasteiger partial charge in [0.25, 0.3) is 11.7 Å². The van der Waals surface area contributed by atoms with E-state index in [1.807, 2.05) is 24.9 Å². The Kier molecular flexibility index (Phi) is 7.07. The molecule has 2 aromatic carbocycles. The quantitative estimate of drug-likeness (QED) is 0.350. The predicted molar refractivity (Wildman–Crippen MR) is 128 cm³/mol. The van der Waals surface area contributed by atoms with Gasteiger partial charge in [0.15, 0.2) is 0 Å². The third-order valence-electron chi connectivity index (χ3n) is 6.15. The predicted octanol–water partition coefficient (Wildman–Crippen LogP) is 3.11. The van der Waals surface area contributed by atoms with E-state index in [0.717, 1.165) is 18.5 Å². The summed E-state index contributed by atoms with van der Waals surface area (Å²) in [5.41, 5.74) is 1.97. The molecule has 2 N–H and O–H groups in total. The van der Waals surface area contributed by atoms with Crippen LogP contribution in [0.5, 0.6) is 11.5 Å². The summed E-state index contributed by atoms with van der Waals surface area (Å²) in [7, 11) is 1.94. The van der Waals surface area contributed by atoms with Crippen LogP contribution in [0, 0.1) is 0 Å². The fourth-order valence-corrected chi connectivity index (χ4v) is 4.38. The van der Waals surface area contributed by atoms with E-state index in [1.165, 1.54) is 4.90 Å². The van der Waals surface area contributed by atoms with Crippen LogP contribution in [0.15, 0.2) is 48.0 Å². The van der Waals surface area contributed by atoms with E-state index in [-0.39, 0.29) is 24.5 Å². The maximum Gasteiger partial charge on any atom is 0.295 e. The Morgan fingerprint density at radius 3 is 2.79 bits per heavy atom. The van der Waals surface area contributed by atoms with E-state index in [1.54, 1.807) is 36.4 Å². The van der Waals surface area contributed by atoms with E-state index < -0.39 is 17.7 Å². The van der Waals surface area contributed by atoms with Gasteiger partial charge in [0.1, 0.15) is 30.5 Å². The van der Waals surface area contributed by atoms with Gasteiger partial charge in [-0.15, -0.1) is 0 Å². The zero-order valence-electron chi connectivity index (χ0n) is 19.5. The number of ketones is 1.